The summed E-state index contributed by atoms with van der Waals surface area (Å²) in [7, 11) is 0. The van der Waals surface area contributed by atoms with E-state index in [0.29, 0.717) is 0 Å². The first kappa shape index (κ1) is 12.7. The molecule has 1 radical (unpaired) electrons. The van der Waals surface area contributed by atoms with Crippen molar-refractivity contribution in [2.24, 2.45) is 0 Å². The van der Waals surface area contributed by atoms with Crippen molar-refractivity contribution in [3.63, 3.8) is 0 Å². The van der Waals surface area contributed by atoms with Crippen LogP contribution in [-0.2, 0) is 0 Å². The van der Waals surface area contributed by atoms with Crippen LogP contribution in [0.15, 0.2) is 78.9 Å². The van der Waals surface area contributed by atoms with Crippen molar-refractivity contribution in [2.45, 2.75) is 0 Å². The molecule has 0 atom stereocenters. The molecule has 1 aliphatic carbocycles. The zero-order chi connectivity index (χ0) is 15.2. The molecule has 0 heterocycles. The molecule has 0 bridgehead atoms. The quantitative estimate of drug-likeness (QED) is 0.372. The number of hydrogen-bond donors (Lipinski definition) is 0. The second-order valence-corrected chi connectivity index (χ2v) is 6.06. The van der Waals surface area contributed by atoms with Crippen molar-refractivity contribution < 1.29 is 0 Å². The highest BCUT2D eigenvalue weighted by Gasteiger charge is 2.16. The van der Waals surface area contributed by atoms with E-state index >= 15 is 0 Å². The summed E-state index contributed by atoms with van der Waals surface area (Å²) in [6.07, 6.45) is 4.58. The van der Waals surface area contributed by atoms with Gasteiger partial charge in [0.25, 0.3) is 0 Å². The number of hydrogen-bond acceptors (Lipinski definition) is 0. The SMILES string of the molecule is [CH]1C(c2cccc3c2ccc2ccccc23)=Cc2ccccc21. The van der Waals surface area contributed by atoms with Crippen LogP contribution in [0.2, 0.25) is 0 Å². The molecule has 0 aliphatic heterocycles. The summed E-state index contributed by atoms with van der Waals surface area (Å²) in [6, 6.07) is 28.3. The number of fused-ring (bicyclic) bond motifs is 4. The van der Waals surface area contributed by atoms with Crippen LogP contribution in [0.25, 0.3) is 33.2 Å². The Morgan fingerprint density at radius 3 is 2.17 bits per heavy atom. The molecular weight excluding hydrogens is 276 g/mol. The molecule has 4 aromatic carbocycles. The summed E-state index contributed by atoms with van der Waals surface area (Å²) in [4.78, 5) is 0. The Kier molecular flexibility index (Phi) is 2.65. The molecule has 0 saturated heterocycles. The first-order valence-corrected chi connectivity index (χ1v) is 7.96. The Morgan fingerprint density at radius 1 is 0.478 bits per heavy atom. The monoisotopic (exact) mass is 291 g/mol. The highest BCUT2D eigenvalue weighted by atomic mass is 14.2. The van der Waals surface area contributed by atoms with E-state index in [1.54, 1.807) is 0 Å². The Balaban J connectivity index is 1.76. The van der Waals surface area contributed by atoms with E-state index < -0.39 is 0 Å². The first-order valence-electron chi connectivity index (χ1n) is 7.96. The molecule has 23 heavy (non-hydrogen) atoms. The van der Waals surface area contributed by atoms with Crippen molar-refractivity contribution in [3.8, 4) is 0 Å². The van der Waals surface area contributed by atoms with Crippen LogP contribution in [0.3, 0.4) is 0 Å². The second-order valence-electron chi connectivity index (χ2n) is 6.06. The van der Waals surface area contributed by atoms with Crippen LogP contribution in [-0.4, -0.2) is 0 Å². The van der Waals surface area contributed by atoms with Gasteiger partial charge < -0.3 is 0 Å². The van der Waals surface area contributed by atoms with Gasteiger partial charge >= 0.3 is 0 Å². The molecule has 4 aromatic rings. The van der Waals surface area contributed by atoms with E-state index in [1.807, 2.05) is 0 Å². The van der Waals surface area contributed by atoms with Crippen molar-refractivity contribution in [1.82, 2.24) is 0 Å². The summed E-state index contributed by atoms with van der Waals surface area (Å²) in [5.41, 5.74) is 5.22. The Labute approximate surface area is 135 Å². The average Bonchev–Trinajstić information content (AvgIpc) is 3.05. The molecular formula is C23H15. The fraction of sp³-hybridized carbons (Fsp3) is 0. The third-order valence-corrected chi connectivity index (χ3v) is 4.72. The highest BCUT2D eigenvalue weighted by Crippen LogP contribution is 2.37. The lowest BCUT2D eigenvalue weighted by atomic mass is 9.94. The van der Waals surface area contributed by atoms with Crippen molar-refractivity contribution >= 4 is 33.2 Å². The fourth-order valence-electron chi connectivity index (χ4n) is 3.60. The number of benzene rings is 4. The van der Waals surface area contributed by atoms with Crippen LogP contribution in [0.5, 0.6) is 0 Å². The van der Waals surface area contributed by atoms with Crippen LogP contribution in [0, 0.1) is 6.42 Å². The van der Waals surface area contributed by atoms with Gasteiger partial charge in [0.1, 0.15) is 0 Å². The van der Waals surface area contributed by atoms with E-state index in [9.17, 15) is 0 Å². The second kappa shape index (κ2) is 4.82. The van der Waals surface area contributed by atoms with Crippen molar-refractivity contribution in [1.29, 1.82) is 0 Å². The van der Waals surface area contributed by atoms with Gasteiger partial charge in [0.05, 0.1) is 0 Å². The number of rotatable bonds is 1. The molecule has 0 saturated carbocycles. The lowest BCUT2D eigenvalue weighted by molar-refractivity contribution is 1.54. The van der Waals surface area contributed by atoms with E-state index in [2.05, 4.69) is 91.4 Å². The topological polar surface area (TPSA) is 0 Å². The maximum atomic E-state index is 2.29. The summed E-state index contributed by atoms with van der Waals surface area (Å²) in [5.74, 6) is 0. The van der Waals surface area contributed by atoms with Gasteiger partial charge in [0.15, 0.2) is 0 Å². The molecule has 0 heteroatoms. The molecule has 0 aromatic heterocycles. The first-order chi connectivity index (χ1) is 11.4. The van der Waals surface area contributed by atoms with Crippen LogP contribution in [0.1, 0.15) is 16.7 Å². The molecule has 0 amide bonds. The third-order valence-electron chi connectivity index (χ3n) is 4.72. The predicted octanol–water partition coefficient (Wildman–Crippen LogP) is 6.10. The van der Waals surface area contributed by atoms with Gasteiger partial charge in [0, 0.05) is 6.42 Å². The number of allylic oxidation sites excluding steroid dienone is 1. The Bertz CT molecular complexity index is 1080. The minimum absolute atomic E-state index is 1.30. The average molecular weight is 291 g/mol. The van der Waals surface area contributed by atoms with E-state index in [0.717, 1.165) is 0 Å². The Morgan fingerprint density at radius 2 is 1.26 bits per heavy atom. The lowest BCUT2D eigenvalue weighted by Gasteiger charge is -2.10. The molecule has 107 valence electrons. The highest BCUT2D eigenvalue weighted by molar-refractivity contribution is 6.12. The zero-order valence-corrected chi connectivity index (χ0v) is 12.7. The van der Waals surface area contributed by atoms with E-state index in [4.69, 9.17) is 0 Å². The van der Waals surface area contributed by atoms with Gasteiger partial charge in [-0.15, -0.1) is 0 Å². The smallest absolute Gasteiger partial charge is 0.0211 e. The normalized spacial score (nSPS) is 13.3. The maximum Gasteiger partial charge on any atom is 0.0211 e. The fourth-order valence-corrected chi connectivity index (χ4v) is 3.60. The molecule has 0 nitrogen and oxygen atoms in total. The van der Waals surface area contributed by atoms with E-state index in [1.165, 1.54) is 43.8 Å². The molecule has 1 aliphatic rings. The van der Waals surface area contributed by atoms with Crippen LogP contribution in [0.4, 0.5) is 0 Å². The molecule has 0 unspecified atom stereocenters. The molecule has 0 N–H and O–H groups in total. The lowest BCUT2D eigenvalue weighted by Crippen LogP contribution is -1.87. The summed E-state index contributed by atoms with van der Waals surface area (Å²) in [5, 5.41) is 5.26. The van der Waals surface area contributed by atoms with Gasteiger partial charge in [-0.2, -0.15) is 0 Å². The van der Waals surface area contributed by atoms with Gasteiger partial charge in [-0.1, -0.05) is 84.9 Å². The van der Waals surface area contributed by atoms with Gasteiger partial charge in [-0.25, -0.2) is 0 Å². The Hall–Kier alpha value is -2.86. The minimum Gasteiger partial charge on any atom is -0.0619 e. The van der Waals surface area contributed by atoms with Gasteiger partial charge in [-0.05, 0) is 43.8 Å². The molecule has 5 rings (SSSR count). The summed E-state index contributed by atoms with van der Waals surface area (Å²) >= 11 is 0. The van der Waals surface area contributed by atoms with Crippen LogP contribution >= 0.6 is 0 Å². The molecule has 0 spiro atoms. The zero-order valence-electron chi connectivity index (χ0n) is 12.7. The summed E-state index contributed by atoms with van der Waals surface area (Å²) in [6.45, 7) is 0. The largest absolute Gasteiger partial charge is 0.0619 e. The molecule has 0 fully saturated rings. The standard InChI is InChI=1S/C23H15/c1-2-8-18-15-19(14-17(18)7-1)21-10-5-11-22-20-9-4-3-6-16(20)12-13-23(21)22/h1-15H. The maximum absolute atomic E-state index is 2.29. The van der Waals surface area contributed by atoms with E-state index in [-0.39, 0.29) is 0 Å². The van der Waals surface area contributed by atoms with Crippen molar-refractivity contribution in [3.05, 3.63) is 102 Å². The summed E-state index contributed by atoms with van der Waals surface area (Å²) < 4.78 is 0. The van der Waals surface area contributed by atoms with Crippen molar-refractivity contribution in [2.75, 3.05) is 0 Å². The van der Waals surface area contributed by atoms with Crippen LogP contribution < -0.4 is 0 Å². The van der Waals surface area contributed by atoms with Gasteiger partial charge in [-0.3, -0.25) is 0 Å². The minimum atomic E-state index is 1.30. The third kappa shape index (κ3) is 1.92. The van der Waals surface area contributed by atoms with Gasteiger partial charge in [0.2, 0.25) is 0 Å². The predicted molar refractivity (Wildman–Crippen MR) is 99.2 cm³/mol.